The monoisotopic (exact) mass is 273 g/mol. The number of nitrogens with zero attached hydrogens (tertiary/aromatic N) is 1. The highest BCUT2D eigenvalue weighted by Gasteiger charge is 2.05. The molecule has 1 heterocycles. The molecule has 0 saturated carbocycles. The zero-order chi connectivity index (χ0) is 14.2. The van der Waals surface area contributed by atoms with Crippen molar-refractivity contribution >= 4 is 6.03 Å². The number of urea groups is 1. The molecule has 1 aromatic heterocycles. The van der Waals surface area contributed by atoms with Crippen molar-refractivity contribution in [1.29, 1.82) is 0 Å². The number of nitrogens with one attached hydrogen (secondary N) is 2. The lowest BCUT2D eigenvalue weighted by Crippen LogP contribution is -2.35. The number of rotatable bonds is 5. The first kappa shape index (κ1) is 14.6. The van der Waals surface area contributed by atoms with Gasteiger partial charge in [0, 0.05) is 25.0 Å². The van der Waals surface area contributed by atoms with Crippen LogP contribution in [0.3, 0.4) is 0 Å². The molecular weight excluding hydrogens is 250 g/mol. The van der Waals surface area contributed by atoms with E-state index in [4.69, 9.17) is 0 Å². The first-order valence-electron chi connectivity index (χ1n) is 7.35. The number of aromatic nitrogens is 1. The molecule has 20 heavy (non-hydrogen) atoms. The van der Waals surface area contributed by atoms with Gasteiger partial charge in [-0.2, -0.15) is 0 Å². The van der Waals surface area contributed by atoms with E-state index in [1.54, 1.807) is 6.20 Å². The van der Waals surface area contributed by atoms with Crippen LogP contribution in [0.25, 0.3) is 0 Å². The SMILES string of the molecule is Cc1cc(CNC(=O)NCCC2=CCCCC2)ccn1. The summed E-state index contributed by atoms with van der Waals surface area (Å²) in [5.74, 6) is 0. The fraction of sp³-hybridized carbons (Fsp3) is 0.500. The molecule has 4 nitrogen and oxygen atoms in total. The van der Waals surface area contributed by atoms with Crippen LogP contribution in [-0.2, 0) is 6.54 Å². The summed E-state index contributed by atoms with van der Waals surface area (Å²) in [6, 6.07) is 3.80. The minimum absolute atomic E-state index is 0.101. The van der Waals surface area contributed by atoms with E-state index in [2.05, 4.69) is 21.7 Å². The molecule has 0 unspecified atom stereocenters. The Hall–Kier alpha value is -1.84. The van der Waals surface area contributed by atoms with Crippen molar-refractivity contribution in [2.45, 2.75) is 45.6 Å². The van der Waals surface area contributed by atoms with Crippen LogP contribution in [0.4, 0.5) is 4.79 Å². The summed E-state index contributed by atoms with van der Waals surface area (Å²) in [4.78, 5) is 15.8. The van der Waals surface area contributed by atoms with Crippen LogP contribution in [0.5, 0.6) is 0 Å². The first-order valence-corrected chi connectivity index (χ1v) is 7.35. The van der Waals surface area contributed by atoms with E-state index in [-0.39, 0.29) is 6.03 Å². The highest BCUT2D eigenvalue weighted by atomic mass is 16.2. The molecule has 2 N–H and O–H groups in total. The van der Waals surface area contributed by atoms with Gasteiger partial charge in [0.15, 0.2) is 0 Å². The zero-order valence-electron chi connectivity index (χ0n) is 12.1. The zero-order valence-corrected chi connectivity index (χ0v) is 12.1. The van der Waals surface area contributed by atoms with Crippen LogP contribution >= 0.6 is 0 Å². The second kappa shape index (κ2) is 7.68. The Morgan fingerprint density at radius 2 is 2.25 bits per heavy atom. The summed E-state index contributed by atoms with van der Waals surface area (Å²) in [5, 5.41) is 5.77. The molecule has 0 fully saturated rings. The van der Waals surface area contributed by atoms with Gasteiger partial charge in [-0.1, -0.05) is 11.6 Å². The molecule has 0 radical (unpaired) electrons. The van der Waals surface area contributed by atoms with Crippen molar-refractivity contribution in [2.75, 3.05) is 6.54 Å². The number of carbonyl (C=O) groups is 1. The Labute approximate surface area is 120 Å². The Bertz CT molecular complexity index is 482. The normalized spacial score (nSPS) is 14.6. The molecular formula is C16H23N3O. The summed E-state index contributed by atoms with van der Waals surface area (Å²) >= 11 is 0. The quantitative estimate of drug-likeness (QED) is 0.810. The molecule has 1 aliphatic carbocycles. The molecule has 0 bridgehead atoms. The van der Waals surface area contributed by atoms with Crippen LogP contribution in [0.15, 0.2) is 30.0 Å². The van der Waals surface area contributed by atoms with Crippen LogP contribution in [0.2, 0.25) is 0 Å². The van der Waals surface area contributed by atoms with Crippen LogP contribution in [0.1, 0.15) is 43.4 Å². The minimum atomic E-state index is -0.101. The average Bonchev–Trinajstić information content (AvgIpc) is 2.46. The predicted molar refractivity (Wildman–Crippen MR) is 80.4 cm³/mol. The fourth-order valence-corrected chi connectivity index (χ4v) is 2.43. The molecule has 4 heteroatoms. The lowest BCUT2D eigenvalue weighted by Gasteiger charge is -2.13. The number of hydrogen-bond donors (Lipinski definition) is 2. The van der Waals surface area contributed by atoms with Gasteiger partial charge in [-0.05, 0) is 56.7 Å². The van der Waals surface area contributed by atoms with Gasteiger partial charge in [0.05, 0.1) is 0 Å². The van der Waals surface area contributed by atoms with Crippen molar-refractivity contribution in [3.8, 4) is 0 Å². The minimum Gasteiger partial charge on any atom is -0.338 e. The van der Waals surface area contributed by atoms with E-state index in [1.807, 2.05) is 19.1 Å². The molecule has 0 spiro atoms. The molecule has 1 aromatic rings. The number of amides is 2. The number of allylic oxidation sites excluding steroid dienone is 1. The van der Waals surface area contributed by atoms with Gasteiger partial charge in [0.2, 0.25) is 0 Å². The maximum Gasteiger partial charge on any atom is 0.315 e. The standard InChI is InChI=1S/C16H23N3O/c1-13-11-15(8-9-17-13)12-19-16(20)18-10-7-14-5-3-2-4-6-14/h5,8-9,11H,2-4,6-7,10,12H2,1H3,(H2,18,19,20). The molecule has 108 valence electrons. The average molecular weight is 273 g/mol. The first-order chi connectivity index (χ1) is 9.74. The summed E-state index contributed by atoms with van der Waals surface area (Å²) in [6.45, 7) is 3.20. The summed E-state index contributed by atoms with van der Waals surface area (Å²) in [7, 11) is 0. The van der Waals surface area contributed by atoms with E-state index < -0.39 is 0 Å². The Balaban J connectivity index is 1.64. The third-order valence-electron chi connectivity index (χ3n) is 3.53. The van der Waals surface area contributed by atoms with Gasteiger partial charge in [0.25, 0.3) is 0 Å². The van der Waals surface area contributed by atoms with Gasteiger partial charge in [0.1, 0.15) is 0 Å². The van der Waals surface area contributed by atoms with Crippen molar-refractivity contribution in [2.24, 2.45) is 0 Å². The van der Waals surface area contributed by atoms with Gasteiger partial charge < -0.3 is 10.6 Å². The summed E-state index contributed by atoms with van der Waals surface area (Å²) in [5.41, 5.74) is 3.53. The molecule has 1 aliphatic rings. The lowest BCUT2D eigenvalue weighted by molar-refractivity contribution is 0.240. The lowest BCUT2D eigenvalue weighted by atomic mass is 9.97. The van der Waals surface area contributed by atoms with Crippen LogP contribution in [-0.4, -0.2) is 17.6 Å². The van der Waals surface area contributed by atoms with Gasteiger partial charge in [-0.25, -0.2) is 4.79 Å². The highest BCUT2D eigenvalue weighted by molar-refractivity contribution is 5.73. The number of pyridine rings is 1. The predicted octanol–water partition coefficient (Wildman–Crippen LogP) is 3.08. The smallest absolute Gasteiger partial charge is 0.315 e. The van der Waals surface area contributed by atoms with E-state index in [0.29, 0.717) is 13.1 Å². The second-order valence-corrected chi connectivity index (χ2v) is 5.27. The molecule has 0 aromatic carbocycles. The Morgan fingerprint density at radius 1 is 1.35 bits per heavy atom. The fourth-order valence-electron chi connectivity index (χ4n) is 2.43. The molecule has 0 saturated heterocycles. The van der Waals surface area contributed by atoms with Crippen LogP contribution < -0.4 is 10.6 Å². The summed E-state index contributed by atoms with van der Waals surface area (Å²) in [6.07, 6.45) is 10.1. The maximum absolute atomic E-state index is 11.7. The van der Waals surface area contributed by atoms with Crippen molar-refractivity contribution in [3.63, 3.8) is 0 Å². The van der Waals surface area contributed by atoms with E-state index in [1.165, 1.54) is 31.3 Å². The number of aryl methyl sites for hydroxylation is 1. The van der Waals surface area contributed by atoms with Gasteiger partial charge in [-0.3, -0.25) is 4.98 Å². The third kappa shape index (κ3) is 5.03. The van der Waals surface area contributed by atoms with Crippen molar-refractivity contribution in [1.82, 2.24) is 15.6 Å². The number of carbonyl (C=O) groups excluding carboxylic acids is 1. The van der Waals surface area contributed by atoms with Gasteiger partial charge in [-0.15, -0.1) is 0 Å². The highest BCUT2D eigenvalue weighted by Crippen LogP contribution is 2.19. The van der Waals surface area contributed by atoms with E-state index in [9.17, 15) is 4.79 Å². The second-order valence-electron chi connectivity index (χ2n) is 5.27. The van der Waals surface area contributed by atoms with Crippen LogP contribution in [0, 0.1) is 6.92 Å². The largest absolute Gasteiger partial charge is 0.338 e. The Kier molecular flexibility index (Phi) is 5.59. The molecule has 0 atom stereocenters. The molecule has 0 aliphatic heterocycles. The van der Waals surface area contributed by atoms with E-state index >= 15 is 0 Å². The van der Waals surface area contributed by atoms with Gasteiger partial charge >= 0.3 is 6.03 Å². The van der Waals surface area contributed by atoms with Crippen molar-refractivity contribution in [3.05, 3.63) is 41.2 Å². The summed E-state index contributed by atoms with van der Waals surface area (Å²) < 4.78 is 0. The molecule has 2 rings (SSSR count). The molecule has 2 amide bonds. The number of hydrogen-bond acceptors (Lipinski definition) is 2. The van der Waals surface area contributed by atoms with Crippen molar-refractivity contribution < 1.29 is 4.79 Å². The Morgan fingerprint density at radius 3 is 3.00 bits per heavy atom. The topological polar surface area (TPSA) is 54.0 Å². The maximum atomic E-state index is 11.7. The van der Waals surface area contributed by atoms with E-state index in [0.717, 1.165) is 17.7 Å². The third-order valence-corrected chi connectivity index (χ3v) is 3.53.